The number of carbonyl (C=O) groups excluding carboxylic acids is 2. The monoisotopic (exact) mass is 387 g/mol. The molecule has 144 valence electrons. The molecule has 3 aromatic carbocycles. The fraction of sp³-hybridized carbons (Fsp3) is 0.125. The summed E-state index contributed by atoms with van der Waals surface area (Å²) in [5.74, 6) is -0.279. The summed E-state index contributed by atoms with van der Waals surface area (Å²) in [7, 11) is 0. The summed E-state index contributed by atoms with van der Waals surface area (Å²) in [4.78, 5) is 24.2. The average molecular weight is 387 g/mol. The summed E-state index contributed by atoms with van der Waals surface area (Å²) in [6, 6.07) is 24.2. The number of hydrogen-bond acceptors (Lipinski definition) is 4. The Morgan fingerprint density at radius 1 is 0.793 bits per heavy atom. The maximum Gasteiger partial charge on any atom is 0.216 e. The largest absolute Gasteiger partial charge is 0.457 e. The highest BCUT2D eigenvalue weighted by molar-refractivity contribution is 6.06. The Balaban J connectivity index is 1.55. The number of rotatable bonds is 8. The third-order valence-electron chi connectivity index (χ3n) is 4.31. The van der Waals surface area contributed by atoms with Gasteiger partial charge >= 0.3 is 0 Å². The number of ether oxygens (including phenoxy) is 1. The predicted octanol–water partition coefficient (Wildman–Crippen LogP) is 4.61. The van der Waals surface area contributed by atoms with Gasteiger partial charge in [-0.3, -0.25) is 9.59 Å². The number of Topliss-reactive ketones (excluding diaryl/α,β-unsaturated/α-hetero) is 2. The smallest absolute Gasteiger partial charge is 0.216 e. The fourth-order valence-corrected chi connectivity index (χ4v) is 2.76. The standard InChI is InChI=1S/C24H18FNO3/c25-24(22(27)14-17-6-8-19(16-26)9-7-17)23(28)15-18-10-12-21(13-11-18)29-20-4-2-1-3-5-20/h1-13,24H,14-15H2/t24-/m0/s1. The first-order valence-electron chi connectivity index (χ1n) is 9.05. The van der Waals surface area contributed by atoms with Gasteiger partial charge in [-0.05, 0) is 47.5 Å². The molecule has 0 aliphatic rings. The van der Waals surface area contributed by atoms with E-state index in [0.29, 0.717) is 28.2 Å². The maximum absolute atomic E-state index is 14.3. The van der Waals surface area contributed by atoms with Gasteiger partial charge in [-0.25, -0.2) is 4.39 Å². The van der Waals surface area contributed by atoms with Crippen molar-refractivity contribution < 1.29 is 18.7 Å². The number of halogens is 1. The molecule has 0 spiro atoms. The Bertz CT molecular complexity index is 1020. The zero-order chi connectivity index (χ0) is 20.6. The summed E-state index contributed by atoms with van der Waals surface area (Å²) >= 11 is 0. The van der Waals surface area contributed by atoms with Crippen LogP contribution in [0.1, 0.15) is 16.7 Å². The van der Waals surface area contributed by atoms with Crippen molar-refractivity contribution in [2.75, 3.05) is 0 Å². The number of hydrogen-bond donors (Lipinski definition) is 0. The van der Waals surface area contributed by atoms with Crippen molar-refractivity contribution in [3.8, 4) is 17.6 Å². The van der Waals surface area contributed by atoms with Crippen LogP contribution in [0.4, 0.5) is 4.39 Å². The lowest BCUT2D eigenvalue weighted by Gasteiger charge is -2.09. The SMILES string of the molecule is N#Cc1ccc(CC(=O)[C@H](F)C(=O)Cc2ccc(Oc3ccccc3)cc2)cc1. The summed E-state index contributed by atoms with van der Waals surface area (Å²) in [5.41, 5.74) is 1.62. The van der Waals surface area contributed by atoms with Gasteiger partial charge in [0.25, 0.3) is 0 Å². The first-order valence-corrected chi connectivity index (χ1v) is 9.05. The van der Waals surface area contributed by atoms with Gasteiger partial charge in [0.2, 0.25) is 6.17 Å². The van der Waals surface area contributed by atoms with Gasteiger partial charge in [0, 0.05) is 12.8 Å². The lowest BCUT2D eigenvalue weighted by atomic mass is 9.99. The number of carbonyl (C=O) groups is 2. The minimum atomic E-state index is -2.18. The van der Waals surface area contributed by atoms with E-state index < -0.39 is 17.7 Å². The highest BCUT2D eigenvalue weighted by Gasteiger charge is 2.25. The maximum atomic E-state index is 14.3. The third-order valence-corrected chi connectivity index (χ3v) is 4.31. The van der Waals surface area contributed by atoms with E-state index in [4.69, 9.17) is 10.00 Å². The van der Waals surface area contributed by atoms with Crippen LogP contribution in [-0.2, 0) is 22.4 Å². The molecule has 1 atom stereocenters. The van der Waals surface area contributed by atoms with Crippen molar-refractivity contribution in [2.45, 2.75) is 19.0 Å². The molecule has 0 aromatic heterocycles. The number of benzene rings is 3. The van der Waals surface area contributed by atoms with Gasteiger partial charge in [-0.2, -0.15) is 5.26 Å². The first kappa shape index (κ1) is 20.0. The molecule has 29 heavy (non-hydrogen) atoms. The second-order valence-corrected chi connectivity index (χ2v) is 6.52. The van der Waals surface area contributed by atoms with E-state index in [1.54, 1.807) is 48.5 Å². The van der Waals surface area contributed by atoms with E-state index in [1.165, 1.54) is 0 Å². The van der Waals surface area contributed by atoms with E-state index in [0.717, 1.165) is 0 Å². The molecule has 0 unspecified atom stereocenters. The highest BCUT2D eigenvalue weighted by Crippen LogP contribution is 2.21. The molecule has 0 aliphatic heterocycles. The molecule has 0 bridgehead atoms. The van der Waals surface area contributed by atoms with Gasteiger partial charge in [0.1, 0.15) is 11.5 Å². The average Bonchev–Trinajstić information content (AvgIpc) is 2.75. The van der Waals surface area contributed by atoms with Crippen molar-refractivity contribution in [3.05, 3.63) is 95.6 Å². The van der Waals surface area contributed by atoms with Gasteiger partial charge in [0.15, 0.2) is 11.6 Å². The molecule has 0 heterocycles. The van der Waals surface area contributed by atoms with E-state index in [-0.39, 0.29) is 12.8 Å². The highest BCUT2D eigenvalue weighted by atomic mass is 19.1. The molecule has 0 radical (unpaired) electrons. The molecular weight excluding hydrogens is 369 g/mol. The van der Waals surface area contributed by atoms with Gasteiger partial charge in [0.05, 0.1) is 11.6 Å². The van der Waals surface area contributed by atoms with E-state index in [2.05, 4.69) is 0 Å². The van der Waals surface area contributed by atoms with Crippen LogP contribution in [-0.4, -0.2) is 17.7 Å². The van der Waals surface area contributed by atoms with Crippen LogP contribution in [0.5, 0.6) is 11.5 Å². The molecule has 0 N–H and O–H groups in total. The van der Waals surface area contributed by atoms with Crippen molar-refractivity contribution in [3.63, 3.8) is 0 Å². The predicted molar refractivity (Wildman–Crippen MR) is 106 cm³/mol. The number of nitrogens with zero attached hydrogens (tertiary/aromatic N) is 1. The minimum absolute atomic E-state index is 0.175. The molecule has 0 saturated carbocycles. The molecule has 0 amide bonds. The Morgan fingerprint density at radius 3 is 1.79 bits per heavy atom. The zero-order valence-corrected chi connectivity index (χ0v) is 15.5. The van der Waals surface area contributed by atoms with Crippen LogP contribution in [0.3, 0.4) is 0 Å². The van der Waals surface area contributed by atoms with Gasteiger partial charge < -0.3 is 4.74 Å². The normalized spacial score (nSPS) is 11.3. The van der Waals surface area contributed by atoms with Crippen LogP contribution in [0.2, 0.25) is 0 Å². The summed E-state index contributed by atoms with van der Waals surface area (Å²) in [6.07, 6.45) is -2.54. The van der Waals surface area contributed by atoms with E-state index >= 15 is 0 Å². The molecule has 5 heteroatoms. The second kappa shape index (κ2) is 9.43. The lowest BCUT2D eigenvalue weighted by Crippen LogP contribution is -2.28. The number of nitriles is 1. The molecular formula is C24H18FNO3. The summed E-state index contributed by atoms with van der Waals surface area (Å²) in [5, 5.41) is 8.77. The number of alkyl halides is 1. The summed E-state index contributed by atoms with van der Waals surface area (Å²) in [6.45, 7) is 0. The van der Waals surface area contributed by atoms with Crippen molar-refractivity contribution in [1.29, 1.82) is 5.26 Å². The quantitative estimate of drug-likeness (QED) is 0.529. The molecule has 0 saturated heterocycles. The molecule has 3 aromatic rings. The number of ketones is 2. The molecule has 0 fully saturated rings. The van der Waals surface area contributed by atoms with Crippen LogP contribution in [0.25, 0.3) is 0 Å². The second-order valence-electron chi connectivity index (χ2n) is 6.52. The first-order chi connectivity index (χ1) is 14.0. The van der Waals surface area contributed by atoms with Crippen LogP contribution >= 0.6 is 0 Å². The van der Waals surface area contributed by atoms with Crippen LogP contribution < -0.4 is 4.74 Å². The van der Waals surface area contributed by atoms with Gasteiger partial charge in [-0.1, -0.05) is 42.5 Å². The topological polar surface area (TPSA) is 67.2 Å². The Kier molecular flexibility index (Phi) is 6.49. The lowest BCUT2D eigenvalue weighted by molar-refractivity contribution is -0.133. The van der Waals surface area contributed by atoms with Crippen molar-refractivity contribution >= 4 is 11.6 Å². The van der Waals surface area contributed by atoms with Crippen molar-refractivity contribution in [2.24, 2.45) is 0 Å². The van der Waals surface area contributed by atoms with Crippen LogP contribution in [0.15, 0.2) is 78.9 Å². The van der Waals surface area contributed by atoms with E-state index in [9.17, 15) is 14.0 Å². The third kappa shape index (κ3) is 5.60. The van der Waals surface area contributed by atoms with E-state index in [1.807, 2.05) is 36.4 Å². The molecule has 3 rings (SSSR count). The zero-order valence-electron chi connectivity index (χ0n) is 15.5. The number of para-hydroxylation sites is 1. The summed E-state index contributed by atoms with van der Waals surface area (Å²) < 4.78 is 20.0. The Hall–Kier alpha value is -3.78. The fourth-order valence-electron chi connectivity index (χ4n) is 2.76. The van der Waals surface area contributed by atoms with Crippen LogP contribution in [0, 0.1) is 11.3 Å². The minimum Gasteiger partial charge on any atom is -0.457 e. The molecule has 4 nitrogen and oxygen atoms in total. The van der Waals surface area contributed by atoms with Gasteiger partial charge in [-0.15, -0.1) is 0 Å². The molecule has 0 aliphatic carbocycles. The van der Waals surface area contributed by atoms with Crippen molar-refractivity contribution in [1.82, 2.24) is 0 Å². The Labute approximate surface area is 168 Å². The Morgan fingerprint density at radius 2 is 1.28 bits per heavy atom.